The van der Waals surface area contributed by atoms with E-state index in [1.54, 1.807) is 42.5 Å². The quantitative estimate of drug-likeness (QED) is 0.278. The van der Waals surface area contributed by atoms with Gasteiger partial charge in [-0.05, 0) is 29.3 Å². The molecule has 174 valence electrons. The van der Waals surface area contributed by atoms with Crippen LogP contribution in [0.15, 0.2) is 94.8 Å². The van der Waals surface area contributed by atoms with Gasteiger partial charge in [-0.1, -0.05) is 48.5 Å². The molecule has 0 radical (unpaired) electrons. The van der Waals surface area contributed by atoms with Gasteiger partial charge in [0, 0.05) is 18.7 Å². The molecule has 0 atom stereocenters. The SMILES string of the molecule is O=c1c2c(ncn2Cc2cccc([N+](=O)[O-])c2)n(-c2cccc(F)c2)c(=O)n1Cc1ccccc1. The summed E-state index contributed by atoms with van der Waals surface area (Å²) in [6, 6.07) is 20.5. The van der Waals surface area contributed by atoms with E-state index in [1.165, 1.54) is 45.8 Å². The van der Waals surface area contributed by atoms with E-state index in [9.17, 15) is 24.1 Å². The minimum atomic E-state index is -0.655. The Kier molecular flexibility index (Phi) is 5.54. The number of aromatic nitrogens is 4. The topological polar surface area (TPSA) is 105 Å². The van der Waals surface area contributed by atoms with Crippen molar-refractivity contribution in [2.24, 2.45) is 0 Å². The molecule has 0 bridgehead atoms. The fourth-order valence-electron chi connectivity index (χ4n) is 4.02. The molecule has 0 saturated carbocycles. The maximum Gasteiger partial charge on any atom is 0.337 e. The van der Waals surface area contributed by atoms with Crippen molar-refractivity contribution in [3.63, 3.8) is 0 Å². The molecule has 5 rings (SSSR count). The molecule has 10 heteroatoms. The first-order valence-corrected chi connectivity index (χ1v) is 10.7. The summed E-state index contributed by atoms with van der Waals surface area (Å²) in [5.41, 5.74) is 0.434. The molecule has 0 aliphatic rings. The van der Waals surface area contributed by atoms with Crippen LogP contribution in [0.1, 0.15) is 11.1 Å². The lowest BCUT2D eigenvalue weighted by molar-refractivity contribution is -0.384. The number of imidazole rings is 1. The lowest BCUT2D eigenvalue weighted by atomic mass is 10.2. The minimum absolute atomic E-state index is 0.00571. The molecule has 2 aromatic heterocycles. The van der Waals surface area contributed by atoms with Crippen molar-refractivity contribution in [2.75, 3.05) is 0 Å². The van der Waals surface area contributed by atoms with E-state index in [2.05, 4.69) is 4.98 Å². The number of benzene rings is 3. The van der Waals surface area contributed by atoms with Crippen LogP contribution in [0.4, 0.5) is 10.1 Å². The fourth-order valence-corrected chi connectivity index (χ4v) is 4.02. The van der Waals surface area contributed by atoms with E-state index in [-0.39, 0.29) is 35.6 Å². The van der Waals surface area contributed by atoms with Gasteiger partial charge in [0.25, 0.3) is 11.2 Å². The predicted molar refractivity (Wildman–Crippen MR) is 127 cm³/mol. The highest BCUT2D eigenvalue weighted by Crippen LogP contribution is 2.18. The average Bonchev–Trinajstić information content (AvgIpc) is 3.26. The largest absolute Gasteiger partial charge is 0.337 e. The molecular weight excluding hydrogens is 453 g/mol. The van der Waals surface area contributed by atoms with E-state index < -0.39 is 22.0 Å². The van der Waals surface area contributed by atoms with E-state index >= 15 is 0 Å². The molecule has 0 fully saturated rings. The standard InChI is InChI=1S/C25H18FN5O4/c26-19-9-5-10-20(13-19)30-23-22(24(32)29(25(30)33)15-17-6-2-1-3-7-17)28(16-27-23)14-18-8-4-11-21(12-18)31(34)35/h1-13,16H,14-15H2. The van der Waals surface area contributed by atoms with Crippen molar-refractivity contribution in [1.29, 1.82) is 0 Å². The van der Waals surface area contributed by atoms with Gasteiger partial charge in [-0.15, -0.1) is 0 Å². The zero-order valence-corrected chi connectivity index (χ0v) is 18.2. The number of fused-ring (bicyclic) bond motifs is 1. The van der Waals surface area contributed by atoms with Gasteiger partial charge in [-0.25, -0.2) is 18.7 Å². The maximum absolute atomic E-state index is 14.0. The van der Waals surface area contributed by atoms with Gasteiger partial charge in [-0.2, -0.15) is 0 Å². The Morgan fingerprint density at radius 2 is 1.63 bits per heavy atom. The number of nitro groups is 1. The highest BCUT2D eigenvalue weighted by Gasteiger charge is 2.20. The third kappa shape index (κ3) is 4.12. The normalized spacial score (nSPS) is 11.1. The third-order valence-corrected chi connectivity index (χ3v) is 5.62. The number of non-ortho nitro benzene ring substituents is 1. The molecule has 5 aromatic rings. The second-order valence-electron chi connectivity index (χ2n) is 7.95. The Morgan fingerprint density at radius 3 is 2.37 bits per heavy atom. The fraction of sp³-hybridized carbons (Fsp3) is 0.0800. The van der Waals surface area contributed by atoms with Gasteiger partial charge in [0.2, 0.25) is 0 Å². The van der Waals surface area contributed by atoms with Gasteiger partial charge in [0.1, 0.15) is 5.82 Å². The molecule has 0 amide bonds. The van der Waals surface area contributed by atoms with Crippen LogP contribution in [0.25, 0.3) is 16.9 Å². The Balaban J connectivity index is 1.74. The molecule has 0 unspecified atom stereocenters. The molecular formula is C25H18FN5O4. The van der Waals surface area contributed by atoms with Gasteiger partial charge in [0.15, 0.2) is 11.2 Å². The Hall–Kier alpha value is -4.86. The van der Waals surface area contributed by atoms with Crippen LogP contribution in [-0.4, -0.2) is 23.6 Å². The zero-order valence-electron chi connectivity index (χ0n) is 18.2. The first-order chi connectivity index (χ1) is 16.9. The van der Waals surface area contributed by atoms with Crippen molar-refractivity contribution in [2.45, 2.75) is 13.1 Å². The van der Waals surface area contributed by atoms with Crippen LogP contribution in [0.5, 0.6) is 0 Å². The molecule has 0 aliphatic carbocycles. The highest BCUT2D eigenvalue weighted by atomic mass is 19.1. The number of hydrogen-bond acceptors (Lipinski definition) is 5. The third-order valence-electron chi connectivity index (χ3n) is 5.62. The Labute approximate surface area is 197 Å². The second kappa shape index (κ2) is 8.82. The molecule has 0 saturated heterocycles. The highest BCUT2D eigenvalue weighted by molar-refractivity contribution is 5.72. The van der Waals surface area contributed by atoms with Gasteiger partial charge in [0.05, 0.1) is 23.5 Å². The number of rotatable bonds is 6. The molecule has 0 N–H and O–H groups in total. The second-order valence-corrected chi connectivity index (χ2v) is 7.95. The van der Waals surface area contributed by atoms with Crippen molar-refractivity contribution < 1.29 is 9.31 Å². The molecule has 0 aliphatic heterocycles. The average molecular weight is 471 g/mol. The summed E-state index contributed by atoms with van der Waals surface area (Å²) in [5.74, 6) is -0.542. The van der Waals surface area contributed by atoms with Gasteiger partial charge in [-0.3, -0.25) is 19.5 Å². The first kappa shape index (κ1) is 22.0. The molecule has 9 nitrogen and oxygen atoms in total. The van der Waals surface area contributed by atoms with Crippen LogP contribution in [0.3, 0.4) is 0 Å². The number of hydrogen-bond donors (Lipinski definition) is 0. The van der Waals surface area contributed by atoms with Gasteiger partial charge < -0.3 is 4.57 Å². The number of nitro benzene ring substituents is 1. The monoisotopic (exact) mass is 471 g/mol. The van der Waals surface area contributed by atoms with E-state index in [1.807, 2.05) is 6.07 Å². The van der Waals surface area contributed by atoms with Crippen molar-refractivity contribution in [3.05, 3.63) is 133 Å². The van der Waals surface area contributed by atoms with Crippen molar-refractivity contribution >= 4 is 16.9 Å². The predicted octanol–water partition coefficient (Wildman–Crippen LogP) is 3.49. The molecule has 35 heavy (non-hydrogen) atoms. The zero-order chi connectivity index (χ0) is 24.5. The van der Waals surface area contributed by atoms with Crippen LogP contribution in [0.2, 0.25) is 0 Å². The van der Waals surface area contributed by atoms with E-state index in [0.717, 1.165) is 10.1 Å². The Morgan fingerprint density at radius 1 is 0.886 bits per heavy atom. The van der Waals surface area contributed by atoms with E-state index in [4.69, 9.17) is 0 Å². The molecule has 0 spiro atoms. The van der Waals surface area contributed by atoms with Gasteiger partial charge >= 0.3 is 5.69 Å². The summed E-state index contributed by atoms with van der Waals surface area (Å²) in [6.07, 6.45) is 1.40. The summed E-state index contributed by atoms with van der Waals surface area (Å²) < 4.78 is 17.9. The lowest BCUT2D eigenvalue weighted by Gasteiger charge is -2.13. The smallest absolute Gasteiger partial charge is 0.320 e. The van der Waals surface area contributed by atoms with Crippen molar-refractivity contribution in [3.8, 4) is 5.69 Å². The minimum Gasteiger partial charge on any atom is -0.320 e. The molecule has 3 aromatic carbocycles. The summed E-state index contributed by atoms with van der Waals surface area (Å²) in [5, 5.41) is 11.2. The number of halogens is 1. The van der Waals surface area contributed by atoms with Crippen LogP contribution >= 0.6 is 0 Å². The first-order valence-electron chi connectivity index (χ1n) is 10.7. The Bertz CT molecular complexity index is 1690. The maximum atomic E-state index is 14.0. The van der Waals surface area contributed by atoms with E-state index in [0.29, 0.717) is 5.56 Å². The van der Waals surface area contributed by atoms with Crippen LogP contribution < -0.4 is 11.2 Å². The molecule has 2 heterocycles. The lowest BCUT2D eigenvalue weighted by Crippen LogP contribution is -2.40. The van der Waals surface area contributed by atoms with Crippen LogP contribution in [-0.2, 0) is 13.1 Å². The summed E-state index contributed by atoms with van der Waals surface area (Å²) in [4.78, 5) is 42.0. The number of nitrogens with zero attached hydrogens (tertiary/aromatic N) is 5. The summed E-state index contributed by atoms with van der Waals surface area (Å²) in [6.45, 7) is 0.117. The summed E-state index contributed by atoms with van der Waals surface area (Å²) >= 11 is 0. The summed E-state index contributed by atoms with van der Waals surface area (Å²) in [7, 11) is 0. The van der Waals surface area contributed by atoms with Crippen molar-refractivity contribution in [1.82, 2.24) is 18.7 Å². The van der Waals surface area contributed by atoms with Crippen LogP contribution in [0, 0.1) is 15.9 Å².